The van der Waals surface area contributed by atoms with Crippen LogP contribution in [-0.2, 0) is 0 Å². The summed E-state index contributed by atoms with van der Waals surface area (Å²) < 4.78 is 0. The van der Waals surface area contributed by atoms with Crippen molar-refractivity contribution in [3.63, 3.8) is 0 Å². The molecule has 0 spiro atoms. The summed E-state index contributed by atoms with van der Waals surface area (Å²) in [6, 6.07) is 0. The van der Waals surface area contributed by atoms with E-state index in [9.17, 15) is 0 Å². The van der Waals surface area contributed by atoms with Gasteiger partial charge < -0.3 is 0 Å². The Balaban J connectivity index is 3.47. The van der Waals surface area contributed by atoms with Gasteiger partial charge in [-0.05, 0) is 40.5 Å². The van der Waals surface area contributed by atoms with E-state index in [0.29, 0.717) is 5.38 Å². The van der Waals surface area contributed by atoms with Gasteiger partial charge in [0, 0.05) is 17.2 Å². The minimum atomic E-state index is 0.145. The predicted molar refractivity (Wildman–Crippen MR) is 56.4 cm³/mol. The highest BCUT2D eigenvalue weighted by molar-refractivity contribution is 6.20. The lowest BCUT2D eigenvalue weighted by Crippen LogP contribution is -1.99. The fraction of sp³-hybridized carbons (Fsp3) is 0.818. The van der Waals surface area contributed by atoms with Crippen molar-refractivity contribution in [3.8, 4) is 11.8 Å². The van der Waals surface area contributed by atoms with E-state index in [4.69, 9.17) is 11.6 Å². The van der Waals surface area contributed by atoms with E-state index in [-0.39, 0.29) is 5.41 Å². The highest BCUT2D eigenvalue weighted by Crippen LogP contribution is 2.11. The van der Waals surface area contributed by atoms with Crippen LogP contribution in [0.3, 0.4) is 0 Å². The Morgan fingerprint density at radius 3 is 2.33 bits per heavy atom. The lowest BCUT2D eigenvalue weighted by molar-refractivity contribution is 0.569. The van der Waals surface area contributed by atoms with Gasteiger partial charge in [-0.15, -0.1) is 17.5 Å². The summed E-state index contributed by atoms with van der Waals surface area (Å²) in [5, 5.41) is 0.293. The van der Waals surface area contributed by atoms with Crippen LogP contribution in [0.4, 0.5) is 0 Å². The van der Waals surface area contributed by atoms with Gasteiger partial charge in [0.1, 0.15) is 0 Å². The number of rotatable bonds is 3. The minimum Gasteiger partial charge on any atom is -0.123 e. The highest BCUT2D eigenvalue weighted by atomic mass is 35.5. The van der Waals surface area contributed by atoms with Crippen molar-refractivity contribution in [2.24, 2.45) is 5.41 Å². The molecule has 1 unspecified atom stereocenters. The molecular formula is C11H19Cl. The smallest absolute Gasteiger partial charge is 0.0308 e. The van der Waals surface area contributed by atoms with Crippen LogP contribution in [0.15, 0.2) is 0 Å². The van der Waals surface area contributed by atoms with Crippen molar-refractivity contribution in [1.82, 2.24) is 0 Å². The first-order chi connectivity index (χ1) is 5.42. The van der Waals surface area contributed by atoms with Crippen LogP contribution in [0.25, 0.3) is 0 Å². The Morgan fingerprint density at radius 1 is 1.33 bits per heavy atom. The third kappa shape index (κ3) is 9.85. The zero-order valence-electron chi connectivity index (χ0n) is 8.58. The zero-order chi connectivity index (χ0) is 9.61. The molecule has 0 saturated carbocycles. The van der Waals surface area contributed by atoms with Gasteiger partial charge in [0.2, 0.25) is 0 Å². The van der Waals surface area contributed by atoms with Gasteiger partial charge in [-0.1, -0.05) is 5.92 Å². The average molecular weight is 187 g/mol. The molecular weight excluding hydrogens is 168 g/mol. The Labute approximate surface area is 81.7 Å². The molecule has 0 saturated heterocycles. The molecule has 12 heavy (non-hydrogen) atoms. The van der Waals surface area contributed by atoms with Crippen LogP contribution >= 0.6 is 11.6 Å². The van der Waals surface area contributed by atoms with E-state index < -0.39 is 0 Å². The maximum absolute atomic E-state index is 5.80. The molecule has 0 aliphatic rings. The molecule has 0 aliphatic carbocycles. The molecule has 1 heteroatoms. The molecule has 0 rings (SSSR count). The topological polar surface area (TPSA) is 0 Å². The van der Waals surface area contributed by atoms with Crippen molar-refractivity contribution in [1.29, 1.82) is 0 Å². The number of halogens is 1. The van der Waals surface area contributed by atoms with E-state index in [0.717, 1.165) is 19.3 Å². The van der Waals surface area contributed by atoms with Crippen LogP contribution in [0.5, 0.6) is 0 Å². The van der Waals surface area contributed by atoms with Gasteiger partial charge >= 0.3 is 0 Å². The second-order valence-electron chi connectivity index (χ2n) is 4.22. The van der Waals surface area contributed by atoms with Crippen LogP contribution in [0, 0.1) is 17.3 Å². The zero-order valence-corrected chi connectivity index (χ0v) is 9.33. The van der Waals surface area contributed by atoms with E-state index in [1.165, 1.54) is 0 Å². The van der Waals surface area contributed by atoms with Crippen molar-refractivity contribution in [2.75, 3.05) is 0 Å². The standard InChI is InChI=1S/C11H19Cl/c1-10(12)8-6-5-7-9-11(2,3)4/h10H,5-6,8H2,1-4H3. The molecule has 0 nitrogen and oxygen atoms in total. The Morgan fingerprint density at radius 2 is 1.92 bits per heavy atom. The summed E-state index contributed by atoms with van der Waals surface area (Å²) in [7, 11) is 0. The van der Waals surface area contributed by atoms with Gasteiger partial charge in [0.15, 0.2) is 0 Å². The maximum atomic E-state index is 5.80. The Kier molecular flexibility index (Phi) is 5.42. The van der Waals surface area contributed by atoms with E-state index in [1.54, 1.807) is 0 Å². The molecule has 0 aliphatic heterocycles. The van der Waals surface area contributed by atoms with Crippen molar-refractivity contribution in [3.05, 3.63) is 0 Å². The molecule has 0 heterocycles. The van der Waals surface area contributed by atoms with E-state index in [1.807, 2.05) is 6.92 Å². The molecule has 1 atom stereocenters. The summed E-state index contributed by atoms with van der Waals surface area (Å²) >= 11 is 5.80. The van der Waals surface area contributed by atoms with Crippen LogP contribution in [0.2, 0.25) is 0 Å². The number of hydrogen-bond donors (Lipinski definition) is 0. The van der Waals surface area contributed by atoms with Gasteiger partial charge in [-0.3, -0.25) is 0 Å². The average Bonchev–Trinajstić information content (AvgIpc) is 1.83. The molecule has 0 amide bonds. The Hall–Kier alpha value is -0.150. The van der Waals surface area contributed by atoms with E-state index >= 15 is 0 Å². The summed E-state index contributed by atoms with van der Waals surface area (Å²) in [6.45, 7) is 8.41. The first kappa shape index (κ1) is 11.8. The quantitative estimate of drug-likeness (QED) is 0.357. The summed E-state index contributed by atoms with van der Waals surface area (Å²) in [4.78, 5) is 0. The molecule has 0 bridgehead atoms. The van der Waals surface area contributed by atoms with Gasteiger partial charge in [0.25, 0.3) is 0 Å². The number of alkyl halides is 1. The van der Waals surface area contributed by atoms with Gasteiger partial charge in [0.05, 0.1) is 0 Å². The molecule has 0 aromatic rings. The summed E-state index contributed by atoms with van der Waals surface area (Å²) in [5.74, 6) is 6.37. The largest absolute Gasteiger partial charge is 0.123 e. The Bertz CT molecular complexity index is 164. The molecule has 0 radical (unpaired) electrons. The van der Waals surface area contributed by atoms with Gasteiger partial charge in [-0.25, -0.2) is 0 Å². The number of unbranched alkanes of at least 4 members (excludes halogenated alkanes) is 1. The fourth-order valence-electron chi connectivity index (χ4n) is 0.799. The third-order valence-corrected chi connectivity index (χ3v) is 1.59. The third-order valence-electron chi connectivity index (χ3n) is 1.37. The molecule has 0 fully saturated rings. The van der Waals surface area contributed by atoms with Gasteiger partial charge in [-0.2, -0.15) is 0 Å². The predicted octanol–water partition coefficient (Wildman–Crippen LogP) is 3.83. The van der Waals surface area contributed by atoms with Crippen LogP contribution < -0.4 is 0 Å². The number of hydrogen-bond acceptors (Lipinski definition) is 0. The van der Waals surface area contributed by atoms with Crippen molar-refractivity contribution in [2.45, 2.75) is 52.3 Å². The lowest BCUT2D eigenvalue weighted by Gasteiger charge is -2.06. The summed E-state index contributed by atoms with van der Waals surface area (Å²) in [5.41, 5.74) is 0.145. The van der Waals surface area contributed by atoms with E-state index in [2.05, 4.69) is 32.6 Å². The lowest BCUT2D eigenvalue weighted by atomic mass is 9.98. The second kappa shape index (κ2) is 5.49. The van der Waals surface area contributed by atoms with Crippen LogP contribution in [0.1, 0.15) is 47.0 Å². The molecule has 0 aromatic carbocycles. The highest BCUT2D eigenvalue weighted by Gasteiger charge is 2.02. The first-order valence-electron chi connectivity index (χ1n) is 4.56. The van der Waals surface area contributed by atoms with Crippen LogP contribution in [-0.4, -0.2) is 5.38 Å². The molecule has 70 valence electrons. The SMILES string of the molecule is CC(Cl)CCCC#CC(C)(C)C. The summed E-state index contributed by atoms with van der Waals surface area (Å²) in [6.07, 6.45) is 3.17. The normalized spacial score (nSPS) is 13.4. The molecule has 0 N–H and O–H groups in total. The minimum absolute atomic E-state index is 0.145. The molecule has 0 aromatic heterocycles. The monoisotopic (exact) mass is 186 g/mol. The maximum Gasteiger partial charge on any atom is 0.0308 e. The van der Waals surface area contributed by atoms with Crippen molar-refractivity contribution < 1.29 is 0 Å². The second-order valence-corrected chi connectivity index (χ2v) is 4.97. The fourth-order valence-corrected chi connectivity index (χ4v) is 0.954. The first-order valence-corrected chi connectivity index (χ1v) is 4.99. The van der Waals surface area contributed by atoms with Crippen molar-refractivity contribution >= 4 is 11.6 Å².